The Balaban J connectivity index is 1.94. The van der Waals surface area contributed by atoms with E-state index in [1.165, 1.54) is 0 Å². The summed E-state index contributed by atoms with van der Waals surface area (Å²) in [6.45, 7) is 8.24. The standard InChI is InChI=1S/C26H29N3O2/c1-6-29(7-2)20-12-10-19(11-13-20)26(22-15-14-21(28(4)5)17-18(22)3)23-9-8-16-27-24(23)25(30)31-26/h8-17H,6-7H2,1-5H3. The van der Waals surface area contributed by atoms with Crippen LogP contribution >= 0.6 is 0 Å². The van der Waals surface area contributed by atoms with Crippen LogP contribution in [0.4, 0.5) is 11.4 Å². The molecule has 4 rings (SSSR count). The lowest BCUT2D eigenvalue weighted by Gasteiger charge is -2.32. The smallest absolute Gasteiger partial charge is 0.358 e. The first-order valence-corrected chi connectivity index (χ1v) is 10.7. The molecule has 5 heteroatoms. The summed E-state index contributed by atoms with van der Waals surface area (Å²) in [6.07, 6.45) is 1.64. The van der Waals surface area contributed by atoms with E-state index in [0.29, 0.717) is 5.69 Å². The molecule has 1 unspecified atom stereocenters. The van der Waals surface area contributed by atoms with Crippen molar-refractivity contribution in [1.82, 2.24) is 4.98 Å². The Kier molecular flexibility index (Phi) is 5.44. The van der Waals surface area contributed by atoms with Crippen LogP contribution in [-0.2, 0) is 10.3 Å². The lowest BCUT2D eigenvalue weighted by atomic mass is 9.79. The van der Waals surface area contributed by atoms with Gasteiger partial charge in [-0.2, -0.15) is 0 Å². The maximum Gasteiger partial charge on any atom is 0.358 e. The third-order valence-corrected chi connectivity index (χ3v) is 6.13. The summed E-state index contributed by atoms with van der Waals surface area (Å²) in [5.41, 5.74) is 5.34. The van der Waals surface area contributed by atoms with E-state index in [2.05, 4.69) is 78.0 Å². The van der Waals surface area contributed by atoms with Crippen molar-refractivity contribution in [2.24, 2.45) is 0 Å². The van der Waals surface area contributed by atoms with Gasteiger partial charge in [-0.3, -0.25) is 0 Å². The lowest BCUT2D eigenvalue weighted by molar-refractivity contribution is 0.0247. The third-order valence-electron chi connectivity index (χ3n) is 6.13. The van der Waals surface area contributed by atoms with Gasteiger partial charge in [0, 0.05) is 61.4 Å². The van der Waals surface area contributed by atoms with Gasteiger partial charge in [-0.25, -0.2) is 9.78 Å². The van der Waals surface area contributed by atoms with Gasteiger partial charge < -0.3 is 14.5 Å². The molecule has 0 fully saturated rings. The van der Waals surface area contributed by atoms with Crippen LogP contribution in [0.15, 0.2) is 60.8 Å². The van der Waals surface area contributed by atoms with Gasteiger partial charge in [-0.15, -0.1) is 0 Å². The highest BCUT2D eigenvalue weighted by Gasteiger charge is 2.50. The van der Waals surface area contributed by atoms with Gasteiger partial charge in [0.1, 0.15) is 0 Å². The Morgan fingerprint density at radius 2 is 1.61 bits per heavy atom. The average Bonchev–Trinajstić information content (AvgIpc) is 3.08. The van der Waals surface area contributed by atoms with Crippen molar-refractivity contribution in [3.05, 3.63) is 88.7 Å². The van der Waals surface area contributed by atoms with Crippen LogP contribution in [0, 0.1) is 6.92 Å². The maximum atomic E-state index is 12.9. The van der Waals surface area contributed by atoms with Gasteiger partial charge in [-0.1, -0.05) is 24.3 Å². The molecule has 0 saturated carbocycles. The number of hydrogen-bond donors (Lipinski definition) is 0. The van der Waals surface area contributed by atoms with Gasteiger partial charge in [-0.05, 0) is 56.7 Å². The SMILES string of the molecule is CCN(CC)c1ccc(C2(c3ccc(N(C)C)cc3C)OC(=O)c3ncccc32)cc1. The van der Waals surface area contributed by atoms with Crippen LogP contribution in [0.1, 0.15) is 46.6 Å². The van der Waals surface area contributed by atoms with Crippen LogP contribution in [-0.4, -0.2) is 38.1 Å². The molecule has 0 spiro atoms. The highest BCUT2D eigenvalue weighted by Crippen LogP contribution is 2.48. The molecule has 2 aromatic carbocycles. The first-order valence-electron chi connectivity index (χ1n) is 10.7. The van der Waals surface area contributed by atoms with Crippen LogP contribution in [0.5, 0.6) is 0 Å². The number of hydrogen-bond acceptors (Lipinski definition) is 5. The maximum absolute atomic E-state index is 12.9. The van der Waals surface area contributed by atoms with Gasteiger partial charge in [0.25, 0.3) is 0 Å². The number of aryl methyl sites for hydroxylation is 1. The average molecular weight is 416 g/mol. The van der Waals surface area contributed by atoms with E-state index in [1.54, 1.807) is 6.20 Å². The van der Waals surface area contributed by atoms with E-state index < -0.39 is 5.60 Å². The highest BCUT2D eigenvalue weighted by molar-refractivity contribution is 5.94. The quantitative estimate of drug-likeness (QED) is 0.543. The van der Waals surface area contributed by atoms with E-state index in [-0.39, 0.29) is 5.97 Å². The number of benzene rings is 2. The summed E-state index contributed by atoms with van der Waals surface area (Å²) in [5, 5.41) is 0. The summed E-state index contributed by atoms with van der Waals surface area (Å²) in [7, 11) is 4.04. The predicted molar refractivity (Wildman–Crippen MR) is 125 cm³/mol. The minimum absolute atomic E-state index is 0.381. The molecule has 5 nitrogen and oxygen atoms in total. The number of rotatable bonds is 6. The molecule has 0 N–H and O–H groups in total. The largest absolute Gasteiger partial charge is 0.439 e. The summed E-state index contributed by atoms with van der Waals surface area (Å²) < 4.78 is 6.20. The number of anilines is 2. The van der Waals surface area contributed by atoms with Crippen LogP contribution in [0.3, 0.4) is 0 Å². The number of nitrogens with zero attached hydrogens (tertiary/aromatic N) is 3. The molecule has 1 atom stereocenters. The molecule has 2 heterocycles. The molecule has 0 aliphatic carbocycles. The van der Waals surface area contributed by atoms with Crippen molar-refractivity contribution in [2.45, 2.75) is 26.4 Å². The fourth-order valence-corrected chi connectivity index (χ4v) is 4.48. The number of carbonyl (C=O) groups is 1. The van der Waals surface area contributed by atoms with E-state index in [9.17, 15) is 4.79 Å². The summed E-state index contributed by atoms with van der Waals surface area (Å²) in [6, 6.07) is 18.4. The van der Waals surface area contributed by atoms with Crippen LogP contribution in [0.2, 0.25) is 0 Å². The number of aromatic nitrogens is 1. The summed E-state index contributed by atoms with van der Waals surface area (Å²) in [5.74, 6) is -0.389. The first-order chi connectivity index (χ1) is 14.9. The van der Waals surface area contributed by atoms with Crippen molar-refractivity contribution < 1.29 is 9.53 Å². The van der Waals surface area contributed by atoms with Gasteiger partial charge in [0.15, 0.2) is 11.3 Å². The number of pyridine rings is 1. The van der Waals surface area contributed by atoms with Gasteiger partial charge >= 0.3 is 5.97 Å². The molecule has 3 aromatic rings. The molecule has 0 amide bonds. The normalized spacial score (nSPS) is 17.3. The summed E-state index contributed by atoms with van der Waals surface area (Å²) >= 11 is 0. The Bertz CT molecular complexity index is 1100. The number of cyclic esters (lactones) is 1. The van der Waals surface area contributed by atoms with Crippen molar-refractivity contribution in [3.63, 3.8) is 0 Å². The monoisotopic (exact) mass is 415 g/mol. The Hall–Kier alpha value is -3.34. The second kappa shape index (κ2) is 8.06. The molecule has 160 valence electrons. The minimum Gasteiger partial charge on any atom is -0.439 e. The topological polar surface area (TPSA) is 45.7 Å². The van der Waals surface area contributed by atoms with Crippen molar-refractivity contribution in [1.29, 1.82) is 0 Å². The highest BCUT2D eigenvalue weighted by atomic mass is 16.6. The molecular weight excluding hydrogens is 386 g/mol. The third kappa shape index (κ3) is 3.34. The molecule has 0 saturated heterocycles. The Labute approximate surface area is 184 Å². The number of carbonyl (C=O) groups excluding carboxylic acids is 1. The van der Waals surface area contributed by atoms with Crippen molar-refractivity contribution >= 4 is 17.3 Å². The molecule has 1 aliphatic rings. The zero-order chi connectivity index (χ0) is 22.2. The molecule has 0 radical (unpaired) electrons. The number of fused-ring (bicyclic) bond motifs is 1. The van der Waals surface area contributed by atoms with E-state index in [0.717, 1.165) is 46.7 Å². The fraction of sp³-hybridized carbons (Fsp3) is 0.308. The Morgan fingerprint density at radius 1 is 0.935 bits per heavy atom. The van der Waals surface area contributed by atoms with Gasteiger partial charge in [0.2, 0.25) is 0 Å². The second-order valence-electron chi connectivity index (χ2n) is 8.08. The molecule has 0 bridgehead atoms. The van der Waals surface area contributed by atoms with E-state index in [4.69, 9.17) is 4.74 Å². The van der Waals surface area contributed by atoms with E-state index in [1.807, 2.05) is 26.2 Å². The fourth-order valence-electron chi connectivity index (χ4n) is 4.48. The zero-order valence-electron chi connectivity index (χ0n) is 18.8. The van der Waals surface area contributed by atoms with Crippen molar-refractivity contribution in [2.75, 3.05) is 37.0 Å². The lowest BCUT2D eigenvalue weighted by Crippen LogP contribution is -2.31. The molecule has 31 heavy (non-hydrogen) atoms. The molecule has 1 aliphatic heterocycles. The number of ether oxygens (including phenoxy) is 1. The minimum atomic E-state index is -1.02. The Morgan fingerprint density at radius 3 is 2.23 bits per heavy atom. The number of esters is 1. The zero-order valence-corrected chi connectivity index (χ0v) is 18.8. The molecule has 1 aromatic heterocycles. The van der Waals surface area contributed by atoms with E-state index >= 15 is 0 Å². The first kappa shape index (κ1) is 20.9. The van der Waals surface area contributed by atoms with Gasteiger partial charge in [0.05, 0.1) is 0 Å². The van der Waals surface area contributed by atoms with Crippen LogP contribution < -0.4 is 9.80 Å². The second-order valence-corrected chi connectivity index (χ2v) is 8.08. The summed E-state index contributed by atoms with van der Waals surface area (Å²) in [4.78, 5) is 21.6. The van der Waals surface area contributed by atoms with Crippen molar-refractivity contribution in [3.8, 4) is 0 Å². The predicted octanol–water partition coefficient (Wildman–Crippen LogP) is 4.76. The van der Waals surface area contributed by atoms with Crippen LogP contribution in [0.25, 0.3) is 0 Å². The molecular formula is C26H29N3O2.